The van der Waals surface area contributed by atoms with Crippen LogP contribution in [0.5, 0.6) is 5.75 Å². The van der Waals surface area contributed by atoms with Crippen molar-refractivity contribution in [1.82, 2.24) is 10.2 Å². The Kier molecular flexibility index (Phi) is 7.30. The summed E-state index contributed by atoms with van der Waals surface area (Å²) in [7, 11) is 0. The lowest BCUT2D eigenvalue weighted by atomic mass is 10.1. The summed E-state index contributed by atoms with van der Waals surface area (Å²) in [6.45, 7) is 7.81. The zero-order valence-corrected chi connectivity index (χ0v) is 14.5. The minimum Gasteiger partial charge on any atom is -0.484 e. The number of carbonyl (C=O) groups is 1. The number of hydrogen-bond acceptors (Lipinski definition) is 3. The lowest BCUT2D eigenvalue weighted by Gasteiger charge is -2.20. The molecule has 2 aromatic rings. The van der Waals surface area contributed by atoms with Crippen LogP contribution in [-0.4, -0.2) is 30.5 Å². The molecule has 0 aliphatic carbocycles. The van der Waals surface area contributed by atoms with Crippen molar-refractivity contribution in [2.45, 2.75) is 26.9 Å². The Morgan fingerprint density at radius 2 is 1.58 bits per heavy atom. The topological polar surface area (TPSA) is 41.6 Å². The number of rotatable bonds is 9. The Labute approximate surface area is 144 Å². The van der Waals surface area contributed by atoms with Gasteiger partial charge in [0.25, 0.3) is 5.91 Å². The summed E-state index contributed by atoms with van der Waals surface area (Å²) in [4.78, 5) is 14.3. The normalized spacial score (nSPS) is 10.6. The van der Waals surface area contributed by atoms with Crippen LogP contribution in [-0.2, 0) is 17.9 Å². The molecule has 0 heterocycles. The van der Waals surface area contributed by atoms with Crippen LogP contribution in [0.4, 0.5) is 0 Å². The molecule has 1 N–H and O–H groups in total. The average molecular weight is 326 g/mol. The largest absolute Gasteiger partial charge is 0.484 e. The number of nitrogens with one attached hydrogen (secondary N) is 1. The number of carbonyl (C=O) groups excluding carboxylic acids is 1. The Balaban J connectivity index is 1.86. The molecule has 0 atom stereocenters. The zero-order chi connectivity index (χ0) is 17.2. The molecule has 0 bridgehead atoms. The van der Waals surface area contributed by atoms with Crippen LogP contribution in [0.1, 0.15) is 25.0 Å². The maximum atomic E-state index is 12.0. The predicted molar refractivity (Wildman–Crippen MR) is 96.9 cm³/mol. The molecule has 0 aromatic heterocycles. The molecule has 4 nitrogen and oxygen atoms in total. The zero-order valence-electron chi connectivity index (χ0n) is 14.5. The van der Waals surface area contributed by atoms with E-state index in [1.54, 1.807) is 0 Å². The molecule has 0 fully saturated rings. The smallest absolute Gasteiger partial charge is 0.258 e. The van der Waals surface area contributed by atoms with Gasteiger partial charge < -0.3 is 10.1 Å². The quantitative estimate of drug-likeness (QED) is 0.769. The van der Waals surface area contributed by atoms with Crippen molar-refractivity contribution in [1.29, 1.82) is 0 Å². The van der Waals surface area contributed by atoms with Gasteiger partial charge in [0.05, 0.1) is 0 Å². The van der Waals surface area contributed by atoms with Gasteiger partial charge in [-0.2, -0.15) is 0 Å². The molecular weight excluding hydrogens is 300 g/mol. The van der Waals surface area contributed by atoms with Crippen LogP contribution in [0, 0.1) is 0 Å². The standard InChI is InChI=1S/C20H26N2O2/c1-3-22(4-2)15-18-11-9-8-10-17(18)14-21-20(23)16-24-19-12-6-5-7-13-19/h5-13H,3-4,14-16H2,1-2H3,(H,21,23). The summed E-state index contributed by atoms with van der Waals surface area (Å²) in [5.41, 5.74) is 2.41. The summed E-state index contributed by atoms with van der Waals surface area (Å²) in [5, 5.41) is 2.94. The van der Waals surface area contributed by atoms with Crippen LogP contribution in [0.15, 0.2) is 54.6 Å². The highest BCUT2D eigenvalue weighted by atomic mass is 16.5. The maximum absolute atomic E-state index is 12.0. The van der Waals surface area contributed by atoms with Crippen LogP contribution in [0.25, 0.3) is 0 Å². The fourth-order valence-corrected chi connectivity index (χ4v) is 2.48. The summed E-state index contributed by atoms with van der Waals surface area (Å²) < 4.78 is 5.47. The van der Waals surface area contributed by atoms with Crippen molar-refractivity contribution < 1.29 is 9.53 Å². The van der Waals surface area contributed by atoms with Gasteiger partial charge in [0.2, 0.25) is 0 Å². The third-order valence-corrected chi connectivity index (χ3v) is 4.00. The van der Waals surface area contributed by atoms with Gasteiger partial charge in [-0.15, -0.1) is 0 Å². The van der Waals surface area contributed by atoms with E-state index in [0.717, 1.165) is 25.2 Å². The van der Waals surface area contributed by atoms with Crippen LogP contribution < -0.4 is 10.1 Å². The molecule has 128 valence electrons. The SMILES string of the molecule is CCN(CC)Cc1ccccc1CNC(=O)COc1ccccc1. The van der Waals surface area contributed by atoms with Crippen molar-refractivity contribution in [3.63, 3.8) is 0 Å². The van der Waals surface area contributed by atoms with Gasteiger partial charge in [-0.3, -0.25) is 9.69 Å². The van der Waals surface area contributed by atoms with Gasteiger partial charge in [0.15, 0.2) is 6.61 Å². The van der Waals surface area contributed by atoms with Gasteiger partial charge in [-0.25, -0.2) is 0 Å². The van der Waals surface area contributed by atoms with Crippen molar-refractivity contribution in [3.8, 4) is 5.75 Å². The van der Waals surface area contributed by atoms with Crippen molar-refractivity contribution in [2.24, 2.45) is 0 Å². The first-order valence-electron chi connectivity index (χ1n) is 8.46. The fraction of sp³-hybridized carbons (Fsp3) is 0.350. The van der Waals surface area contributed by atoms with Crippen LogP contribution in [0.3, 0.4) is 0 Å². The Morgan fingerprint density at radius 1 is 0.958 bits per heavy atom. The monoisotopic (exact) mass is 326 g/mol. The van der Waals surface area contributed by atoms with E-state index in [1.807, 2.05) is 42.5 Å². The summed E-state index contributed by atoms with van der Waals surface area (Å²) in [6, 6.07) is 17.6. The molecule has 2 rings (SSSR count). The minimum absolute atomic E-state index is 0.0300. The van der Waals surface area contributed by atoms with Crippen LogP contribution >= 0.6 is 0 Å². The Hall–Kier alpha value is -2.33. The predicted octanol–water partition coefficient (Wildman–Crippen LogP) is 3.22. The first kappa shape index (κ1) is 18.0. The van der Waals surface area contributed by atoms with E-state index in [0.29, 0.717) is 12.3 Å². The molecule has 1 amide bonds. The number of benzene rings is 2. The van der Waals surface area contributed by atoms with E-state index in [9.17, 15) is 4.79 Å². The van der Waals surface area contributed by atoms with E-state index >= 15 is 0 Å². The Bertz CT molecular complexity index is 625. The number of para-hydroxylation sites is 1. The van der Waals surface area contributed by atoms with E-state index in [4.69, 9.17) is 4.74 Å². The third-order valence-electron chi connectivity index (χ3n) is 4.00. The highest BCUT2D eigenvalue weighted by Gasteiger charge is 2.08. The molecule has 24 heavy (non-hydrogen) atoms. The number of nitrogens with zero attached hydrogens (tertiary/aromatic N) is 1. The van der Waals surface area contributed by atoms with Crippen molar-refractivity contribution in [2.75, 3.05) is 19.7 Å². The van der Waals surface area contributed by atoms with E-state index in [1.165, 1.54) is 5.56 Å². The number of amides is 1. The first-order chi connectivity index (χ1) is 11.7. The molecule has 0 spiro atoms. The van der Waals surface area contributed by atoms with Gasteiger partial charge in [0, 0.05) is 13.1 Å². The maximum Gasteiger partial charge on any atom is 0.258 e. The highest BCUT2D eigenvalue weighted by Crippen LogP contribution is 2.12. The fourth-order valence-electron chi connectivity index (χ4n) is 2.48. The molecule has 0 unspecified atom stereocenters. The van der Waals surface area contributed by atoms with Crippen molar-refractivity contribution in [3.05, 3.63) is 65.7 Å². The van der Waals surface area contributed by atoms with Gasteiger partial charge in [-0.1, -0.05) is 56.3 Å². The lowest BCUT2D eigenvalue weighted by molar-refractivity contribution is -0.123. The van der Waals surface area contributed by atoms with Gasteiger partial charge in [0.1, 0.15) is 5.75 Å². The second-order valence-electron chi connectivity index (χ2n) is 5.61. The molecule has 0 saturated heterocycles. The van der Waals surface area contributed by atoms with E-state index < -0.39 is 0 Å². The molecular formula is C20H26N2O2. The molecule has 0 saturated carbocycles. The number of ether oxygens (including phenoxy) is 1. The second-order valence-corrected chi connectivity index (χ2v) is 5.61. The van der Waals surface area contributed by atoms with Crippen LogP contribution in [0.2, 0.25) is 0 Å². The molecule has 4 heteroatoms. The van der Waals surface area contributed by atoms with Gasteiger partial charge in [-0.05, 0) is 36.3 Å². The summed E-state index contributed by atoms with van der Waals surface area (Å²) >= 11 is 0. The minimum atomic E-state index is -0.114. The number of hydrogen-bond donors (Lipinski definition) is 1. The molecule has 0 aliphatic rings. The van der Waals surface area contributed by atoms with Crippen molar-refractivity contribution >= 4 is 5.91 Å². The molecule has 0 radical (unpaired) electrons. The summed E-state index contributed by atoms with van der Waals surface area (Å²) in [5.74, 6) is 0.589. The van der Waals surface area contributed by atoms with Gasteiger partial charge >= 0.3 is 0 Å². The second kappa shape index (κ2) is 9.73. The summed E-state index contributed by atoms with van der Waals surface area (Å²) in [6.07, 6.45) is 0. The lowest BCUT2D eigenvalue weighted by Crippen LogP contribution is -2.29. The van der Waals surface area contributed by atoms with E-state index in [2.05, 4.69) is 36.2 Å². The molecule has 0 aliphatic heterocycles. The average Bonchev–Trinajstić information content (AvgIpc) is 2.64. The Morgan fingerprint density at radius 3 is 2.25 bits per heavy atom. The first-order valence-corrected chi connectivity index (χ1v) is 8.46. The third kappa shape index (κ3) is 5.70. The highest BCUT2D eigenvalue weighted by molar-refractivity contribution is 5.77. The molecule has 2 aromatic carbocycles. The van der Waals surface area contributed by atoms with E-state index in [-0.39, 0.29) is 12.5 Å².